The van der Waals surface area contributed by atoms with Crippen molar-refractivity contribution in [1.29, 1.82) is 0 Å². The first-order valence-electron chi connectivity index (χ1n) is 21.3. The molecule has 9 aromatic carbocycles. The number of anilines is 6. The van der Waals surface area contributed by atoms with Crippen LogP contribution in [0.4, 0.5) is 34.1 Å². The van der Waals surface area contributed by atoms with Gasteiger partial charge in [0, 0.05) is 59.8 Å². The quantitative estimate of drug-likeness (QED) is 0.165. The fourth-order valence-corrected chi connectivity index (χ4v) is 11.8. The Morgan fingerprint density at radius 3 is 1.41 bits per heavy atom. The van der Waals surface area contributed by atoms with Gasteiger partial charge < -0.3 is 9.80 Å². The van der Waals surface area contributed by atoms with Crippen LogP contribution in [0.2, 0.25) is 0 Å². The lowest BCUT2D eigenvalue weighted by atomic mass is 9.82. The summed E-state index contributed by atoms with van der Waals surface area (Å²) in [5.74, 6) is 0. The summed E-state index contributed by atoms with van der Waals surface area (Å²) in [6, 6.07) is 72.2. The summed E-state index contributed by atoms with van der Waals surface area (Å²) in [4.78, 5) is 7.42. The zero-order valence-corrected chi connectivity index (χ0v) is 35.6. The molecule has 3 heteroatoms. The molecule has 1 heterocycles. The van der Waals surface area contributed by atoms with Gasteiger partial charge in [0.15, 0.2) is 0 Å². The van der Waals surface area contributed by atoms with Crippen molar-refractivity contribution in [3.63, 3.8) is 0 Å². The number of nitrogens with zero attached hydrogens (tertiary/aromatic N) is 2. The SMILES string of the molecule is CC1(C)c2ccccc2-c2ccc(N(c3ccccc3)c3ccc4c(c3)Sc3cccc5c(N(c6ccccc6)c6ccc7c(c6)C(C)(C)c6ccccc6-7)ccc-4c35)cc21. The maximum Gasteiger partial charge on any atom is 0.0540 e. The third-order valence-electron chi connectivity index (χ3n) is 13.6. The molecule has 12 rings (SSSR count). The van der Waals surface area contributed by atoms with Crippen LogP contribution in [0.15, 0.2) is 204 Å². The van der Waals surface area contributed by atoms with Gasteiger partial charge in [-0.15, -0.1) is 0 Å². The van der Waals surface area contributed by atoms with Crippen molar-refractivity contribution in [3.05, 3.63) is 216 Å². The van der Waals surface area contributed by atoms with E-state index >= 15 is 0 Å². The summed E-state index contributed by atoms with van der Waals surface area (Å²) in [6.07, 6.45) is 0. The normalized spacial score (nSPS) is 14.4. The van der Waals surface area contributed by atoms with E-state index in [1.165, 1.54) is 93.3 Å². The molecule has 3 aliphatic rings. The number of benzene rings is 9. The third-order valence-corrected chi connectivity index (χ3v) is 14.8. The summed E-state index contributed by atoms with van der Waals surface area (Å²) in [7, 11) is 0. The Hall–Kier alpha value is -6.81. The van der Waals surface area contributed by atoms with Crippen molar-refractivity contribution >= 4 is 56.7 Å². The molecule has 0 radical (unpaired) electrons. The largest absolute Gasteiger partial charge is 0.310 e. The van der Waals surface area contributed by atoms with Crippen molar-refractivity contribution in [3.8, 4) is 33.4 Å². The number of para-hydroxylation sites is 2. The van der Waals surface area contributed by atoms with E-state index in [4.69, 9.17) is 0 Å². The number of hydrogen-bond donors (Lipinski definition) is 0. The van der Waals surface area contributed by atoms with Crippen molar-refractivity contribution < 1.29 is 0 Å². The van der Waals surface area contributed by atoms with Gasteiger partial charge >= 0.3 is 0 Å². The van der Waals surface area contributed by atoms with Gasteiger partial charge in [0.25, 0.3) is 0 Å². The monoisotopic (exact) mass is 800 g/mol. The molecule has 0 saturated heterocycles. The van der Waals surface area contributed by atoms with Gasteiger partial charge in [0.05, 0.1) is 5.69 Å². The predicted octanol–water partition coefficient (Wildman–Crippen LogP) is 16.5. The maximum absolute atomic E-state index is 2.46. The van der Waals surface area contributed by atoms with E-state index in [1.807, 2.05) is 11.8 Å². The topological polar surface area (TPSA) is 6.48 Å². The molecule has 0 amide bonds. The average molecular weight is 801 g/mol. The molecule has 1 aliphatic heterocycles. The summed E-state index contributed by atoms with van der Waals surface area (Å²) >= 11 is 1.88. The molecule has 292 valence electrons. The smallest absolute Gasteiger partial charge is 0.0540 e. The van der Waals surface area contributed by atoms with Gasteiger partial charge in [-0.3, -0.25) is 0 Å². The molecule has 2 nitrogen and oxygen atoms in total. The molecule has 61 heavy (non-hydrogen) atoms. The lowest BCUT2D eigenvalue weighted by Crippen LogP contribution is -2.16. The van der Waals surface area contributed by atoms with E-state index in [2.05, 4.69) is 232 Å². The van der Waals surface area contributed by atoms with E-state index in [0.29, 0.717) is 0 Å². The second-order valence-electron chi connectivity index (χ2n) is 17.7. The zero-order chi connectivity index (χ0) is 41.0. The van der Waals surface area contributed by atoms with Gasteiger partial charge in [-0.1, -0.05) is 161 Å². The Bertz CT molecular complexity index is 3240. The Morgan fingerprint density at radius 1 is 0.328 bits per heavy atom. The van der Waals surface area contributed by atoms with Crippen LogP contribution < -0.4 is 9.80 Å². The van der Waals surface area contributed by atoms with Gasteiger partial charge in [0.1, 0.15) is 0 Å². The highest BCUT2D eigenvalue weighted by Crippen LogP contribution is 2.55. The average Bonchev–Trinajstić information content (AvgIpc) is 3.67. The molecule has 0 aromatic heterocycles. The molecule has 0 atom stereocenters. The van der Waals surface area contributed by atoms with Crippen LogP contribution in [-0.2, 0) is 10.8 Å². The fraction of sp³-hybridized carbons (Fsp3) is 0.103. The van der Waals surface area contributed by atoms with Crippen molar-refractivity contribution in [2.75, 3.05) is 9.80 Å². The summed E-state index contributed by atoms with van der Waals surface area (Å²) < 4.78 is 0. The molecular formula is C58H44N2S. The summed E-state index contributed by atoms with van der Waals surface area (Å²) in [6.45, 7) is 9.44. The highest BCUT2D eigenvalue weighted by Gasteiger charge is 2.37. The van der Waals surface area contributed by atoms with Crippen molar-refractivity contribution in [2.45, 2.75) is 48.3 Å². The number of hydrogen-bond acceptors (Lipinski definition) is 3. The van der Waals surface area contributed by atoms with Crippen LogP contribution in [-0.4, -0.2) is 0 Å². The van der Waals surface area contributed by atoms with Gasteiger partial charge in [-0.2, -0.15) is 0 Å². The zero-order valence-electron chi connectivity index (χ0n) is 34.8. The van der Waals surface area contributed by atoms with Crippen LogP contribution in [0.1, 0.15) is 49.9 Å². The number of fused-ring (bicyclic) bond motifs is 8. The molecular weight excluding hydrogens is 757 g/mol. The molecule has 0 fully saturated rings. The Labute approximate surface area is 362 Å². The highest BCUT2D eigenvalue weighted by molar-refractivity contribution is 7.99. The first-order valence-corrected chi connectivity index (χ1v) is 22.2. The molecule has 0 N–H and O–H groups in total. The van der Waals surface area contributed by atoms with Crippen molar-refractivity contribution in [1.82, 2.24) is 0 Å². The minimum Gasteiger partial charge on any atom is -0.310 e. The minimum absolute atomic E-state index is 0.0870. The second kappa shape index (κ2) is 13.3. The van der Waals surface area contributed by atoms with E-state index in [9.17, 15) is 0 Å². The maximum atomic E-state index is 2.46. The molecule has 2 aliphatic carbocycles. The van der Waals surface area contributed by atoms with Crippen LogP contribution >= 0.6 is 11.8 Å². The van der Waals surface area contributed by atoms with Crippen LogP contribution in [0, 0.1) is 0 Å². The lowest BCUT2D eigenvalue weighted by Gasteiger charge is -2.31. The molecule has 9 aromatic rings. The Balaban J connectivity index is 0.978. The van der Waals surface area contributed by atoms with Crippen LogP contribution in [0.25, 0.3) is 44.2 Å². The first-order chi connectivity index (χ1) is 29.8. The van der Waals surface area contributed by atoms with Crippen LogP contribution in [0.5, 0.6) is 0 Å². The van der Waals surface area contributed by atoms with Gasteiger partial charge in [0.2, 0.25) is 0 Å². The minimum atomic E-state index is -0.0947. The summed E-state index contributed by atoms with van der Waals surface area (Å²) in [5.41, 5.74) is 20.2. The van der Waals surface area contributed by atoms with E-state index in [1.54, 1.807) is 0 Å². The molecule has 0 unspecified atom stereocenters. The number of rotatable bonds is 6. The van der Waals surface area contributed by atoms with E-state index in [-0.39, 0.29) is 10.8 Å². The van der Waals surface area contributed by atoms with Gasteiger partial charge in [-0.25, -0.2) is 0 Å². The Morgan fingerprint density at radius 2 is 0.803 bits per heavy atom. The standard InChI is InChI=1S/C58H44N2S/c1-57(2)49-23-13-11-20-42(49)44-29-26-39(34-51(44)57)59(37-16-7-5-8-17-37)41-28-31-46-47-32-33-53(48-22-15-25-54(56(47)48)61-55(46)36-41)60(38-18-9-6-10-19-38)40-27-30-45-43-21-12-14-24-50(43)58(3,4)52(45)35-40/h5-36H,1-4H3. The molecule has 0 spiro atoms. The predicted molar refractivity (Wildman–Crippen MR) is 258 cm³/mol. The Kier molecular flexibility index (Phi) is 7.89. The second-order valence-corrected chi connectivity index (χ2v) is 18.8. The van der Waals surface area contributed by atoms with E-state index in [0.717, 1.165) is 17.1 Å². The van der Waals surface area contributed by atoms with E-state index < -0.39 is 0 Å². The van der Waals surface area contributed by atoms with Crippen LogP contribution in [0.3, 0.4) is 0 Å². The fourth-order valence-electron chi connectivity index (χ4n) is 10.6. The summed E-state index contributed by atoms with van der Waals surface area (Å²) in [5, 5.41) is 2.55. The lowest BCUT2D eigenvalue weighted by molar-refractivity contribution is 0.660. The third kappa shape index (κ3) is 5.36. The van der Waals surface area contributed by atoms with Crippen molar-refractivity contribution in [2.24, 2.45) is 0 Å². The molecule has 0 saturated carbocycles. The van der Waals surface area contributed by atoms with Gasteiger partial charge in [-0.05, 0) is 128 Å². The first kappa shape index (κ1) is 36.1. The molecule has 0 bridgehead atoms. The highest BCUT2D eigenvalue weighted by atomic mass is 32.2.